The van der Waals surface area contributed by atoms with Crippen LogP contribution < -0.4 is 0 Å². The molecule has 124 valence electrons. The van der Waals surface area contributed by atoms with Crippen molar-refractivity contribution >= 4 is 22.5 Å². The highest BCUT2D eigenvalue weighted by Gasteiger charge is 2.43. The minimum atomic E-state index is -0.471. The Hall–Kier alpha value is -2.94. The van der Waals surface area contributed by atoms with Gasteiger partial charge in [-0.25, -0.2) is 4.79 Å². The number of hydrogen-bond donors (Lipinski definition) is 0. The number of aliphatic imine (C=N–C) groups is 1. The summed E-state index contributed by atoms with van der Waals surface area (Å²) in [6.07, 6.45) is 0. The fourth-order valence-corrected chi connectivity index (χ4v) is 3.49. The van der Waals surface area contributed by atoms with Gasteiger partial charge in [0.15, 0.2) is 6.04 Å². The number of ether oxygens (including phenoxy) is 1. The molecule has 3 aromatic rings. The molecule has 0 N–H and O–H groups in total. The van der Waals surface area contributed by atoms with Crippen LogP contribution in [0.4, 0.5) is 0 Å². The Morgan fingerprint density at radius 1 is 0.960 bits per heavy atom. The summed E-state index contributed by atoms with van der Waals surface area (Å²) in [5.41, 5.74) is 3.14. The lowest BCUT2D eigenvalue weighted by Gasteiger charge is -2.34. The number of carbonyl (C=O) groups is 1. The van der Waals surface area contributed by atoms with Crippen molar-refractivity contribution in [1.29, 1.82) is 0 Å². The van der Waals surface area contributed by atoms with Crippen LogP contribution in [0.2, 0.25) is 0 Å². The molecule has 1 heterocycles. The molecular formula is C22H19NO2. The molecule has 0 unspecified atom stereocenters. The summed E-state index contributed by atoms with van der Waals surface area (Å²) in [7, 11) is 0. The minimum Gasteiger partial charge on any atom is -0.464 e. The van der Waals surface area contributed by atoms with Crippen molar-refractivity contribution in [2.45, 2.75) is 18.9 Å². The SMILES string of the molecule is CCOC(=O)[C@H]1N=C(c2ccccc2)[C@H]1c1cccc2ccccc12. The predicted molar refractivity (Wildman–Crippen MR) is 100 cm³/mol. The van der Waals surface area contributed by atoms with Crippen molar-refractivity contribution in [2.24, 2.45) is 4.99 Å². The summed E-state index contributed by atoms with van der Waals surface area (Å²) in [6, 6.07) is 24.1. The molecule has 2 atom stereocenters. The first-order valence-electron chi connectivity index (χ1n) is 8.57. The number of carbonyl (C=O) groups excluding carboxylic acids is 1. The molecule has 0 saturated carbocycles. The van der Waals surface area contributed by atoms with Gasteiger partial charge in [0.25, 0.3) is 0 Å². The van der Waals surface area contributed by atoms with Crippen molar-refractivity contribution in [3.05, 3.63) is 83.9 Å². The van der Waals surface area contributed by atoms with E-state index >= 15 is 0 Å². The number of esters is 1. The molecule has 0 aromatic heterocycles. The average molecular weight is 329 g/mol. The van der Waals surface area contributed by atoms with Crippen LogP contribution in [0.25, 0.3) is 10.8 Å². The highest BCUT2D eigenvalue weighted by atomic mass is 16.5. The number of rotatable bonds is 4. The van der Waals surface area contributed by atoms with E-state index < -0.39 is 6.04 Å². The molecule has 25 heavy (non-hydrogen) atoms. The fraction of sp³-hybridized carbons (Fsp3) is 0.182. The highest BCUT2D eigenvalue weighted by Crippen LogP contribution is 2.39. The predicted octanol–water partition coefficient (Wildman–Crippen LogP) is 4.36. The first-order chi connectivity index (χ1) is 12.3. The molecule has 3 heteroatoms. The van der Waals surface area contributed by atoms with E-state index in [0.29, 0.717) is 6.61 Å². The van der Waals surface area contributed by atoms with Gasteiger partial charge in [0, 0.05) is 0 Å². The topological polar surface area (TPSA) is 38.7 Å². The molecule has 0 bridgehead atoms. The average Bonchev–Trinajstić information content (AvgIpc) is 2.62. The molecule has 0 fully saturated rings. The second-order valence-electron chi connectivity index (χ2n) is 6.12. The lowest BCUT2D eigenvalue weighted by Crippen LogP contribution is -2.42. The standard InChI is InChI=1S/C22H19NO2/c1-2-25-22(24)21-19(20(23-21)16-10-4-3-5-11-16)18-14-8-12-15-9-6-7-13-17(15)18/h3-14,19,21H,2H2,1H3/t19-,21+/m1/s1. The van der Waals surface area contributed by atoms with E-state index in [1.54, 1.807) is 0 Å². The van der Waals surface area contributed by atoms with Gasteiger partial charge in [0.2, 0.25) is 0 Å². The van der Waals surface area contributed by atoms with Gasteiger partial charge >= 0.3 is 5.97 Å². The van der Waals surface area contributed by atoms with E-state index in [2.05, 4.69) is 29.3 Å². The summed E-state index contributed by atoms with van der Waals surface area (Å²) < 4.78 is 5.25. The van der Waals surface area contributed by atoms with Crippen LogP contribution in [0.3, 0.4) is 0 Å². The molecule has 0 saturated heterocycles. The quantitative estimate of drug-likeness (QED) is 0.667. The Labute approximate surface area is 147 Å². The van der Waals surface area contributed by atoms with E-state index in [-0.39, 0.29) is 11.9 Å². The monoisotopic (exact) mass is 329 g/mol. The van der Waals surface area contributed by atoms with Crippen molar-refractivity contribution in [1.82, 2.24) is 0 Å². The Kier molecular flexibility index (Phi) is 4.06. The van der Waals surface area contributed by atoms with Crippen LogP contribution in [0, 0.1) is 0 Å². The van der Waals surface area contributed by atoms with Crippen molar-refractivity contribution < 1.29 is 9.53 Å². The van der Waals surface area contributed by atoms with Gasteiger partial charge in [-0.05, 0) is 28.8 Å². The molecule has 0 aliphatic carbocycles. The zero-order valence-electron chi connectivity index (χ0n) is 14.1. The van der Waals surface area contributed by atoms with Crippen molar-refractivity contribution in [3.8, 4) is 0 Å². The van der Waals surface area contributed by atoms with Gasteiger partial charge in [-0.3, -0.25) is 4.99 Å². The summed E-state index contributed by atoms with van der Waals surface area (Å²) in [5, 5.41) is 2.33. The Morgan fingerprint density at radius 3 is 2.48 bits per heavy atom. The first-order valence-corrected chi connectivity index (χ1v) is 8.57. The molecule has 3 aromatic carbocycles. The summed E-state index contributed by atoms with van der Waals surface area (Å²) in [5.74, 6) is -0.326. The van der Waals surface area contributed by atoms with Crippen LogP contribution in [0.5, 0.6) is 0 Å². The summed E-state index contributed by atoms with van der Waals surface area (Å²) >= 11 is 0. The lowest BCUT2D eigenvalue weighted by atomic mass is 9.77. The second-order valence-corrected chi connectivity index (χ2v) is 6.12. The smallest absolute Gasteiger partial charge is 0.331 e. The van der Waals surface area contributed by atoms with Crippen LogP contribution in [-0.2, 0) is 9.53 Å². The van der Waals surface area contributed by atoms with Gasteiger partial charge in [-0.2, -0.15) is 0 Å². The van der Waals surface area contributed by atoms with Gasteiger partial charge in [0.05, 0.1) is 18.2 Å². The maximum Gasteiger partial charge on any atom is 0.331 e. The van der Waals surface area contributed by atoms with E-state index in [1.807, 2.05) is 55.5 Å². The second kappa shape index (κ2) is 6.52. The van der Waals surface area contributed by atoms with E-state index in [4.69, 9.17) is 4.74 Å². The third-order valence-electron chi connectivity index (χ3n) is 4.64. The minimum absolute atomic E-state index is 0.0763. The van der Waals surface area contributed by atoms with E-state index in [0.717, 1.165) is 22.2 Å². The Balaban J connectivity index is 1.83. The lowest BCUT2D eigenvalue weighted by molar-refractivity contribution is -0.145. The fourth-order valence-electron chi connectivity index (χ4n) is 3.49. The van der Waals surface area contributed by atoms with Crippen LogP contribution in [0.15, 0.2) is 77.8 Å². The van der Waals surface area contributed by atoms with Crippen molar-refractivity contribution in [3.63, 3.8) is 0 Å². The maximum absolute atomic E-state index is 12.4. The largest absolute Gasteiger partial charge is 0.464 e. The zero-order chi connectivity index (χ0) is 17.2. The third-order valence-corrected chi connectivity index (χ3v) is 4.64. The number of fused-ring (bicyclic) bond motifs is 1. The highest BCUT2D eigenvalue weighted by molar-refractivity contribution is 6.14. The Bertz CT molecular complexity index is 941. The summed E-state index contributed by atoms with van der Waals surface area (Å²) in [6.45, 7) is 2.19. The molecule has 1 aliphatic heterocycles. The molecule has 0 amide bonds. The molecule has 0 spiro atoms. The first kappa shape index (κ1) is 15.6. The van der Waals surface area contributed by atoms with E-state index in [1.165, 1.54) is 5.39 Å². The van der Waals surface area contributed by atoms with Crippen LogP contribution >= 0.6 is 0 Å². The zero-order valence-corrected chi connectivity index (χ0v) is 14.1. The van der Waals surface area contributed by atoms with Gasteiger partial charge in [0.1, 0.15) is 0 Å². The maximum atomic E-state index is 12.4. The molecule has 4 rings (SSSR count). The van der Waals surface area contributed by atoms with Crippen LogP contribution in [0.1, 0.15) is 24.0 Å². The normalized spacial score (nSPS) is 19.2. The number of benzene rings is 3. The molecule has 1 aliphatic rings. The summed E-state index contributed by atoms with van der Waals surface area (Å²) in [4.78, 5) is 17.0. The van der Waals surface area contributed by atoms with Gasteiger partial charge < -0.3 is 4.74 Å². The number of hydrogen-bond acceptors (Lipinski definition) is 3. The molecule has 0 radical (unpaired) electrons. The third kappa shape index (κ3) is 2.72. The van der Waals surface area contributed by atoms with Gasteiger partial charge in [-0.1, -0.05) is 72.8 Å². The Morgan fingerprint density at radius 2 is 1.68 bits per heavy atom. The molecular weight excluding hydrogens is 310 g/mol. The number of nitrogens with zero attached hydrogens (tertiary/aromatic N) is 1. The van der Waals surface area contributed by atoms with Crippen molar-refractivity contribution in [2.75, 3.05) is 6.61 Å². The van der Waals surface area contributed by atoms with E-state index in [9.17, 15) is 4.79 Å². The molecule has 3 nitrogen and oxygen atoms in total. The van der Waals surface area contributed by atoms with Crippen LogP contribution in [-0.4, -0.2) is 24.3 Å². The van der Waals surface area contributed by atoms with Gasteiger partial charge in [-0.15, -0.1) is 0 Å².